The first-order valence-corrected chi connectivity index (χ1v) is 8.45. The Kier molecular flexibility index (Phi) is 4.73. The first-order valence-electron chi connectivity index (χ1n) is 6.86. The predicted octanol–water partition coefficient (Wildman–Crippen LogP) is 4.58. The zero-order valence-corrected chi connectivity index (χ0v) is 15.6. The van der Waals surface area contributed by atoms with Gasteiger partial charge in [-0.15, -0.1) is 0 Å². The van der Waals surface area contributed by atoms with Crippen LogP contribution in [0, 0.1) is 0 Å². The Hall–Kier alpha value is -2.12. The summed E-state index contributed by atoms with van der Waals surface area (Å²) in [5.74, 6) is 0.0647. The standard InChI is InChI=1S/C17H11Br2NO4/c1-23-11-3-5-15-9(6-11)7-12(17(22)24-15)16(21)20-14-4-2-10(18)8-13(14)19/h2-8H,1H3,(H,20,21). The van der Waals surface area contributed by atoms with Crippen LogP contribution in [-0.4, -0.2) is 13.0 Å². The number of carbonyl (C=O) groups is 1. The third-order valence-corrected chi connectivity index (χ3v) is 4.51. The van der Waals surface area contributed by atoms with Gasteiger partial charge in [0.05, 0.1) is 12.8 Å². The Labute approximate surface area is 153 Å². The van der Waals surface area contributed by atoms with E-state index < -0.39 is 11.5 Å². The number of hydrogen-bond donors (Lipinski definition) is 1. The number of anilines is 1. The summed E-state index contributed by atoms with van der Waals surface area (Å²) in [6, 6.07) is 11.8. The zero-order chi connectivity index (χ0) is 17.3. The van der Waals surface area contributed by atoms with E-state index in [1.54, 1.807) is 43.5 Å². The summed E-state index contributed by atoms with van der Waals surface area (Å²) in [6.45, 7) is 0. The lowest BCUT2D eigenvalue weighted by Gasteiger charge is -2.08. The van der Waals surface area contributed by atoms with Gasteiger partial charge in [-0.3, -0.25) is 4.79 Å². The van der Waals surface area contributed by atoms with Crippen molar-refractivity contribution < 1.29 is 13.9 Å². The van der Waals surface area contributed by atoms with E-state index in [0.717, 1.165) is 4.47 Å². The van der Waals surface area contributed by atoms with Gasteiger partial charge in [0.25, 0.3) is 5.91 Å². The van der Waals surface area contributed by atoms with Crippen LogP contribution in [0.4, 0.5) is 5.69 Å². The van der Waals surface area contributed by atoms with Crippen LogP contribution in [-0.2, 0) is 0 Å². The molecule has 0 fully saturated rings. The molecular weight excluding hydrogens is 442 g/mol. The SMILES string of the molecule is COc1ccc2oc(=O)c(C(=O)Nc3ccc(Br)cc3Br)cc2c1. The number of ether oxygens (including phenoxy) is 1. The first-order chi connectivity index (χ1) is 11.5. The van der Waals surface area contributed by atoms with Crippen molar-refractivity contribution in [2.75, 3.05) is 12.4 Å². The Bertz CT molecular complexity index is 998. The molecule has 24 heavy (non-hydrogen) atoms. The van der Waals surface area contributed by atoms with Crippen LogP contribution < -0.4 is 15.7 Å². The fourth-order valence-corrected chi connectivity index (χ4v) is 3.31. The van der Waals surface area contributed by atoms with Gasteiger partial charge in [-0.1, -0.05) is 15.9 Å². The van der Waals surface area contributed by atoms with Gasteiger partial charge < -0.3 is 14.5 Å². The highest BCUT2D eigenvalue weighted by Gasteiger charge is 2.15. The number of nitrogens with one attached hydrogen (secondary N) is 1. The second kappa shape index (κ2) is 6.78. The first kappa shape index (κ1) is 16.7. The van der Waals surface area contributed by atoms with Crippen molar-refractivity contribution >= 4 is 54.4 Å². The minimum absolute atomic E-state index is 0.0782. The number of methoxy groups -OCH3 is 1. The summed E-state index contributed by atoms with van der Waals surface area (Å²) in [6.07, 6.45) is 0. The van der Waals surface area contributed by atoms with E-state index in [1.807, 2.05) is 0 Å². The minimum Gasteiger partial charge on any atom is -0.497 e. The van der Waals surface area contributed by atoms with Crippen molar-refractivity contribution in [1.29, 1.82) is 0 Å². The third-order valence-electron chi connectivity index (χ3n) is 3.36. The van der Waals surface area contributed by atoms with Gasteiger partial charge in [0.15, 0.2) is 0 Å². The predicted molar refractivity (Wildman–Crippen MR) is 98.8 cm³/mol. The summed E-state index contributed by atoms with van der Waals surface area (Å²) in [4.78, 5) is 24.5. The smallest absolute Gasteiger partial charge is 0.349 e. The molecule has 1 amide bonds. The quantitative estimate of drug-likeness (QED) is 0.590. The van der Waals surface area contributed by atoms with Crippen molar-refractivity contribution in [3.63, 3.8) is 0 Å². The van der Waals surface area contributed by atoms with E-state index in [9.17, 15) is 9.59 Å². The van der Waals surface area contributed by atoms with E-state index >= 15 is 0 Å². The number of benzene rings is 2. The van der Waals surface area contributed by atoms with Crippen LogP contribution >= 0.6 is 31.9 Å². The highest BCUT2D eigenvalue weighted by atomic mass is 79.9. The van der Waals surface area contributed by atoms with E-state index in [1.165, 1.54) is 6.07 Å². The Morgan fingerprint density at radius 2 is 1.92 bits per heavy atom. The van der Waals surface area contributed by atoms with E-state index in [0.29, 0.717) is 26.9 Å². The molecule has 1 N–H and O–H groups in total. The number of halogens is 2. The Balaban J connectivity index is 1.99. The molecule has 0 unspecified atom stereocenters. The number of hydrogen-bond acceptors (Lipinski definition) is 4. The normalized spacial score (nSPS) is 10.6. The maximum Gasteiger partial charge on any atom is 0.349 e. The number of carbonyl (C=O) groups excluding carboxylic acids is 1. The lowest BCUT2D eigenvalue weighted by molar-refractivity contribution is 0.102. The summed E-state index contributed by atoms with van der Waals surface area (Å²) in [7, 11) is 1.54. The third kappa shape index (κ3) is 3.37. The van der Waals surface area contributed by atoms with Gasteiger partial charge in [0, 0.05) is 14.3 Å². The van der Waals surface area contributed by atoms with Gasteiger partial charge in [0.2, 0.25) is 0 Å². The van der Waals surface area contributed by atoms with Crippen LogP contribution in [0.2, 0.25) is 0 Å². The van der Waals surface area contributed by atoms with Gasteiger partial charge in [-0.05, 0) is 58.4 Å². The molecule has 0 spiro atoms. The largest absolute Gasteiger partial charge is 0.497 e. The molecule has 0 aliphatic rings. The van der Waals surface area contributed by atoms with Gasteiger partial charge >= 0.3 is 5.63 Å². The second-order valence-electron chi connectivity index (χ2n) is 4.93. The number of rotatable bonds is 3. The van der Waals surface area contributed by atoms with Gasteiger partial charge in [-0.25, -0.2) is 4.79 Å². The monoisotopic (exact) mass is 451 g/mol. The van der Waals surface area contributed by atoms with Crippen molar-refractivity contribution in [2.45, 2.75) is 0 Å². The van der Waals surface area contributed by atoms with Crippen molar-refractivity contribution in [3.8, 4) is 5.75 Å². The molecule has 3 rings (SSSR count). The summed E-state index contributed by atoms with van der Waals surface area (Å²) >= 11 is 6.70. The topological polar surface area (TPSA) is 68.5 Å². The Morgan fingerprint density at radius 3 is 2.62 bits per heavy atom. The number of amides is 1. The Morgan fingerprint density at radius 1 is 1.12 bits per heavy atom. The summed E-state index contributed by atoms with van der Waals surface area (Å²) in [5, 5.41) is 3.30. The maximum atomic E-state index is 12.4. The maximum absolute atomic E-state index is 12.4. The van der Waals surface area contributed by atoms with Crippen LogP contribution in [0.5, 0.6) is 5.75 Å². The molecule has 0 atom stereocenters. The average molecular weight is 453 g/mol. The van der Waals surface area contributed by atoms with Gasteiger partial charge in [0.1, 0.15) is 16.9 Å². The van der Waals surface area contributed by atoms with E-state index in [4.69, 9.17) is 9.15 Å². The molecule has 0 aliphatic carbocycles. The lowest BCUT2D eigenvalue weighted by Crippen LogP contribution is -2.20. The molecular formula is C17H11Br2NO4. The fraction of sp³-hybridized carbons (Fsp3) is 0.0588. The molecule has 5 nitrogen and oxygen atoms in total. The van der Waals surface area contributed by atoms with E-state index in [2.05, 4.69) is 37.2 Å². The average Bonchev–Trinajstić information content (AvgIpc) is 2.56. The van der Waals surface area contributed by atoms with Gasteiger partial charge in [-0.2, -0.15) is 0 Å². The molecule has 0 radical (unpaired) electrons. The minimum atomic E-state index is -0.696. The van der Waals surface area contributed by atoms with Crippen LogP contribution in [0.15, 0.2) is 60.6 Å². The van der Waals surface area contributed by atoms with Crippen molar-refractivity contribution in [3.05, 3.63) is 67.4 Å². The molecule has 1 aromatic heterocycles. The summed E-state index contributed by atoms with van der Waals surface area (Å²) < 4.78 is 11.9. The molecule has 7 heteroatoms. The highest BCUT2D eigenvalue weighted by molar-refractivity contribution is 9.11. The molecule has 0 saturated carbocycles. The van der Waals surface area contributed by atoms with Crippen LogP contribution in [0.1, 0.15) is 10.4 Å². The van der Waals surface area contributed by atoms with Crippen molar-refractivity contribution in [1.82, 2.24) is 0 Å². The zero-order valence-electron chi connectivity index (χ0n) is 12.4. The molecule has 3 aromatic rings. The lowest BCUT2D eigenvalue weighted by atomic mass is 10.1. The summed E-state index contributed by atoms with van der Waals surface area (Å²) in [5.41, 5.74) is 0.166. The molecule has 0 aliphatic heterocycles. The number of fused-ring (bicyclic) bond motifs is 1. The molecule has 0 bridgehead atoms. The molecule has 1 heterocycles. The van der Waals surface area contributed by atoms with E-state index in [-0.39, 0.29) is 5.56 Å². The fourth-order valence-electron chi connectivity index (χ4n) is 2.17. The second-order valence-corrected chi connectivity index (χ2v) is 6.70. The molecule has 2 aromatic carbocycles. The van der Waals surface area contributed by atoms with Crippen LogP contribution in [0.3, 0.4) is 0 Å². The molecule has 122 valence electrons. The van der Waals surface area contributed by atoms with Crippen LogP contribution in [0.25, 0.3) is 11.0 Å². The van der Waals surface area contributed by atoms with Crippen molar-refractivity contribution in [2.24, 2.45) is 0 Å². The highest BCUT2D eigenvalue weighted by Crippen LogP contribution is 2.27. The molecule has 0 saturated heterocycles.